The molecule has 4 bridgehead atoms. The van der Waals surface area contributed by atoms with Crippen LogP contribution in [0.5, 0.6) is 5.75 Å². The van der Waals surface area contributed by atoms with E-state index in [9.17, 15) is 19.8 Å². The van der Waals surface area contributed by atoms with Crippen LogP contribution in [0.1, 0.15) is 32.1 Å². The number of carboxylic acid groups (broad SMARTS) is 1. The van der Waals surface area contributed by atoms with Crippen molar-refractivity contribution in [2.24, 2.45) is 23.7 Å². The normalized spacial score (nSPS) is 32.3. The van der Waals surface area contributed by atoms with E-state index in [2.05, 4.69) is 10.4 Å². The number of rotatable bonds is 4. The van der Waals surface area contributed by atoms with Crippen LogP contribution in [0.25, 0.3) is 0 Å². The second-order valence-electron chi connectivity index (χ2n) is 8.79. The third-order valence-electron chi connectivity index (χ3n) is 7.01. The average Bonchev–Trinajstić information content (AvgIpc) is 2.64. The first kappa shape index (κ1) is 18.5. The van der Waals surface area contributed by atoms with E-state index in [4.69, 9.17) is 11.6 Å². The van der Waals surface area contributed by atoms with Gasteiger partial charge in [0, 0.05) is 11.8 Å². The lowest BCUT2D eigenvalue weighted by atomic mass is 9.48. The van der Waals surface area contributed by atoms with Gasteiger partial charge in [0.15, 0.2) is 0 Å². The molecule has 0 amide bonds. The number of aromatic nitrogens is 2. The van der Waals surface area contributed by atoms with Crippen LogP contribution in [0.2, 0.25) is 5.02 Å². The quantitative estimate of drug-likeness (QED) is 0.705. The molecule has 7 nitrogen and oxygen atoms in total. The fraction of sp³-hybridized carbons (Fsp3) is 0.476. The number of carbonyl (C=O) groups is 1. The van der Waals surface area contributed by atoms with Crippen molar-refractivity contribution in [3.63, 3.8) is 0 Å². The highest BCUT2D eigenvalue weighted by molar-refractivity contribution is 6.33. The van der Waals surface area contributed by atoms with Crippen LogP contribution in [0.4, 0.5) is 11.4 Å². The Morgan fingerprint density at radius 2 is 1.97 bits per heavy atom. The molecule has 1 heterocycles. The van der Waals surface area contributed by atoms with Crippen LogP contribution in [0, 0.1) is 23.7 Å². The standard InChI is InChI=1S/C21H22ClN3O4/c22-18-16(24-14-2-1-3-15(26)7-14)10-23-25(19(18)27)21-8-11-4-12(9-21)6-13(5-11)17(21)20(28)29/h1-3,7,10-13,17,24,26H,4-6,8-9H2,(H,28,29)/t11-,12-,13?,17+,21?/m0/s1. The van der Waals surface area contributed by atoms with Gasteiger partial charge in [-0.2, -0.15) is 5.10 Å². The van der Waals surface area contributed by atoms with Gasteiger partial charge >= 0.3 is 5.97 Å². The number of nitrogens with zero attached hydrogens (tertiary/aromatic N) is 2. The highest BCUT2D eigenvalue weighted by Gasteiger charge is 2.61. The molecule has 4 fully saturated rings. The topological polar surface area (TPSA) is 104 Å². The predicted octanol–water partition coefficient (Wildman–Crippen LogP) is 3.58. The molecule has 1 aromatic heterocycles. The van der Waals surface area contributed by atoms with Crippen molar-refractivity contribution in [1.29, 1.82) is 0 Å². The molecule has 4 saturated carbocycles. The summed E-state index contributed by atoms with van der Waals surface area (Å²) in [7, 11) is 0. The minimum absolute atomic E-state index is 0.0248. The van der Waals surface area contributed by atoms with Crippen molar-refractivity contribution in [2.75, 3.05) is 5.32 Å². The van der Waals surface area contributed by atoms with Gasteiger partial charge in [-0.05, 0) is 62.0 Å². The smallest absolute Gasteiger partial charge is 0.309 e. The highest BCUT2D eigenvalue weighted by atomic mass is 35.5. The molecule has 4 aliphatic carbocycles. The summed E-state index contributed by atoms with van der Waals surface area (Å²) < 4.78 is 1.37. The van der Waals surface area contributed by atoms with Crippen LogP contribution < -0.4 is 10.9 Å². The van der Waals surface area contributed by atoms with Crippen molar-refractivity contribution >= 4 is 28.9 Å². The number of aromatic hydroxyl groups is 1. The van der Waals surface area contributed by atoms with Gasteiger partial charge < -0.3 is 15.5 Å². The minimum Gasteiger partial charge on any atom is -0.508 e. The zero-order valence-electron chi connectivity index (χ0n) is 15.7. The van der Waals surface area contributed by atoms with Crippen molar-refractivity contribution in [3.05, 3.63) is 45.8 Å². The molecule has 4 aliphatic rings. The Hall–Kier alpha value is -2.54. The first-order chi connectivity index (χ1) is 13.9. The summed E-state index contributed by atoms with van der Waals surface area (Å²) in [5, 5.41) is 27.0. The summed E-state index contributed by atoms with van der Waals surface area (Å²) in [5.41, 5.74) is -0.366. The summed E-state index contributed by atoms with van der Waals surface area (Å²) in [6.07, 6.45) is 5.78. The summed E-state index contributed by atoms with van der Waals surface area (Å²) in [6, 6.07) is 6.47. The van der Waals surface area contributed by atoms with E-state index in [0.29, 0.717) is 36.1 Å². The monoisotopic (exact) mass is 415 g/mol. The Bertz CT molecular complexity index is 1040. The van der Waals surface area contributed by atoms with Gasteiger partial charge in [0.05, 0.1) is 23.3 Å². The summed E-state index contributed by atoms with van der Waals surface area (Å²) in [4.78, 5) is 25.4. The number of phenols is 1. The Kier molecular flexibility index (Phi) is 4.13. The summed E-state index contributed by atoms with van der Waals surface area (Å²) >= 11 is 6.41. The van der Waals surface area contributed by atoms with Crippen molar-refractivity contribution in [2.45, 2.75) is 37.6 Å². The van der Waals surface area contributed by atoms with Crippen LogP contribution in [0.15, 0.2) is 35.3 Å². The van der Waals surface area contributed by atoms with E-state index < -0.39 is 23.0 Å². The molecule has 3 atom stereocenters. The maximum absolute atomic E-state index is 13.2. The number of benzene rings is 1. The summed E-state index contributed by atoms with van der Waals surface area (Å²) in [5.74, 6) is -0.384. The number of phenolic OH excluding ortho intramolecular Hbond substituents is 1. The SMILES string of the molecule is O=C(O)[C@H]1C2C[C@@H]3C[C@@H](C2)CC1(n1ncc(Nc2cccc(O)c2)c(Cl)c1=O)C3. The molecule has 1 aromatic carbocycles. The highest BCUT2D eigenvalue weighted by Crippen LogP contribution is 2.61. The molecule has 0 spiro atoms. The van der Waals surface area contributed by atoms with E-state index in [1.807, 2.05) is 0 Å². The van der Waals surface area contributed by atoms with Crippen molar-refractivity contribution < 1.29 is 15.0 Å². The summed E-state index contributed by atoms with van der Waals surface area (Å²) in [6.45, 7) is 0. The number of aliphatic carboxylic acids is 1. The Morgan fingerprint density at radius 1 is 1.24 bits per heavy atom. The van der Waals surface area contributed by atoms with Crippen LogP contribution in [-0.4, -0.2) is 26.0 Å². The van der Waals surface area contributed by atoms with Gasteiger partial charge in [0.2, 0.25) is 0 Å². The lowest BCUT2D eigenvalue weighted by Crippen LogP contribution is -2.63. The molecule has 0 unspecified atom stereocenters. The fourth-order valence-electron chi connectivity index (χ4n) is 6.31. The molecule has 0 saturated heterocycles. The van der Waals surface area contributed by atoms with Crippen molar-refractivity contribution in [3.8, 4) is 5.75 Å². The average molecular weight is 416 g/mol. The molecular formula is C21H22ClN3O4. The number of halogens is 1. The fourth-order valence-corrected chi connectivity index (χ4v) is 6.49. The molecule has 8 heteroatoms. The van der Waals surface area contributed by atoms with Gasteiger partial charge in [0.25, 0.3) is 5.56 Å². The molecule has 29 heavy (non-hydrogen) atoms. The third kappa shape index (κ3) is 2.82. The number of hydrogen-bond acceptors (Lipinski definition) is 5. The maximum atomic E-state index is 13.2. The number of carboxylic acids is 1. The van der Waals surface area contributed by atoms with E-state index in [1.54, 1.807) is 18.2 Å². The Morgan fingerprint density at radius 3 is 2.62 bits per heavy atom. The first-order valence-electron chi connectivity index (χ1n) is 9.94. The van der Waals surface area contributed by atoms with Gasteiger partial charge in [-0.15, -0.1) is 0 Å². The van der Waals surface area contributed by atoms with Gasteiger partial charge in [-0.3, -0.25) is 9.59 Å². The van der Waals surface area contributed by atoms with Crippen molar-refractivity contribution in [1.82, 2.24) is 9.78 Å². The van der Waals surface area contributed by atoms with Gasteiger partial charge in [0.1, 0.15) is 10.8 Å². The van der Waals surface area contributed by atoms with Gasteiger partial charge in [-0.25, -0.2) is 4.68 Å². The van der Waals surface area contributed by atoms with Crippen LogP contribution in [-0.2, 0) is 10.3 Å². The molecular weight excluding hydrogens is 394 g/mol. The van der Waals surface area contributed by atoms with E-state index in [-0.39, 0.29) is 16.7 Å². The first-order valence-corrected chi connectivity index (χ1v) is 10.3. The molecule has 152 valence electrons. The third-order valence-corrected chi connectivity index (χ3v) is 7.37. The second-order valence-corrected chi connectivity index (χ2v) is 9.17. The van der Waals surface area contributed by atoms with E-state index in [0.717, 1.165) is 19.3 Å². The zero-order chi connectivity index (χ0) is 20.3. The molecule has 0 radical (unpaired) electrons. The largest absolute Gasteiger partial charge is 0.508 e. The number of anilines is 2. The number of nitrogens with one attached hydrogen (secondary N) is 1. The molecule has 6 rings (SSSR count). The second kappa shape index (κ2) is 6.49. The van der Waals surface area contributed by atoms with E-state index in [1.165, 1.54) is 16.9 Å². The van der Waals surface area contributed by atoms with E-state index >= 15 is 0 Å². The zero-order valence-corrected chi connectivity index (χ0v) is 16.5. The van der Waals surface area contributed by atoms with Gasteiger partial charge in [-0.1, -0.05) is 17.7 Å². The Balaban J connectivity index is 1.57. The van der Waals surface area contributed by atoms with Crippen LogP contribution in [0.3, 0.4) is 0 Å². The lowest BCUT2D eigenvalue weighted by molar-refractivity contribution is -0.168. The Labute approximate surface area is 172 Å². The number of hydrogen-bond donors (Lipinski definition) is 3. The minimum atomic E-state index is -0.847. The lowest BCUT2D eigenvalue weighted by Gasteiger charge is -2.59. The predicted molar refractivity (Wildman–Crippen MR) is 108 cm³/mol. The van der Waals surface area contributed by atoms with Crippen LogP contribution >= 0.6 is 11.6 Å². The molecule has 0 aliphatic heterocycles. The molecule has 3 N–H and O–H groups in total. The maximum Gasteiger partial charge on any atom is 0.309 e. The molecule has 2 aromatic rings.